The zero-order valence-corrected chi connectivity index (χ0v) is 9.11. The van der Waals surface area contributed by atoms with Crippen molar-refractivity contribution in [1.29, 1.82) is 0 Å². The minimum Gasteiger partial charge on any atom is -0.382 e. The molecule has 0 aliphatic carbocycles. The molecule has 4 nitrogen and oxygen atoms in total. The van der Waals surface area contributed by atoms with Crippen molar-refractivity contribution in [2.45, 2.75) is 6.04 Å². The van der Waals surface area contributed by atoms with Gasteiger partial charge in [0.1, 0.15) is 0 Å². The summed E-state index contributed by atoms with van der Waals surface area (Å²) in [6.07, 6.45) is 3.64. The first-order valence-corrected chi connectivity index (χ1v) is 5.40. The highest BCUT2D eigenvalue weighted by atomic mass is 15.2. The minimum atomic E-state index is 0.531. The van der Waals surface area contributed by atoms with E-state index in [2.05, 4.69) is 27.6 Å². The lowest BCUT2D eigenvalue weighted by molar-refractivity contribution is 0.244. The van der Waals surface area contributed by atoms with E-state index in [0.29, 0.717) is 6.04 Å². The summed E-state index contributed by atoms with van der Waals surface area (Å²) in [5.74, 6) is 0. The second-order valence-electron chi connectivity index (χ2n) is 4.04. The summed E-state index contributed by atoms with van der Waals surface area (Å²) in [7, 11) is 2.16. The van der Waals surface area contributed by atoms with Crippen molar-refractivity contribution in [2.75, 3.05) is 38.5 Å². The summed E-state index contributed by atoms with van der Waals surface area (Å²) in [5.41, 5.74) is 1.09. The molecule has 0 saturated carbocycles. The summed E-state index contributed by atoms with van der Waals surface area (Å²) in [5, 5.41) is 6.88. The lowest BCUT2D eigenvalue weighted by Gasteiger charge is -2.31. The highest BCUT2D eigenvalue weighted by Gasteiger charge is 2.15. The van der Waals surface area contributed by atoms with E-state index in [-0.39, 0.29) is 0 Å². The maximum atomic E-state index is 4.07. The molecule has 1 fully saturated rings. The fraction of sp³-hybridized carbons (Fsp3) is 0.545. The molecule has 0 bridgehead atoms. The first-order valence-electron chi connectivity index (χ1n) is 5.40. The second-order valence-corrected chi connectivity index (χ2v) is 4.04. The molecular weight excluding hydrogens is 188 g/mol. The van der Waals surface area contributed by atoms with Gasteiger partial charge in [-0.05, 0) is 19.2 Å². The molecule has 0 amide bonds. The average Bonchev–Trinajstić information content (AvgIpc) is 2.28. The molecule has 2 N–H and O–H groups in total. The quantitative estimate of drug-likeness (QED) is 0.751. The maximum absolute atomic E-state index is 4.07. The van der Waals surface area contributed by atoms with E-state index < -0.39 is 0 Å². The number of likely N-dealkylation sites (N-methyl/N-ethyl adjacent to an activating group) is 1. The van der Waals surface area contributed by atoms with E-state index in [9.17, 15) is 0 Å². The van der Waals surface area contributed by atoms with Crippen LogP contribution in [0.25, 0.3) is 0 Å². The number of hydrogen-bond donors (Lipinski definition) is 2. The highest BCUT2D eigenvalue weighted by Crippen LogP contribution is 2.03. The van der Waals surface area contributed by atoms with Crippen LogP contribution in [0.1, 0.15) is 0 Å². The van der Waals surface area contributed by atoms with Gasteiger partial charge < -0.3 is 15.5 Å². The van der Waals surface area contributed by atoms with Gasteiger partial charge in [0.05, 0.1) is 5.69 Å². The summed E-state index contributed by atoms with van der Waals surface area (Å²) in [6.45, 7) is 4.28. The molecule has 0 aromatic carbocycles. The molecule has 1 aromatic heterocycles. The topological polar surface area (TPSA) is 40.2 Å². The summed E-state index contributed by atoms with van der Waals surface area (Å²) in [4.78, 5) is 6.42. The van der Waals surface area contributed by atoms with E-state index in [1.807, 2.05) is 18.3 Å². The van der Waals surface area contributed by atoms with E-state index in [1.54, 1.807) is 6.20 Å². The van der Waals surface area contributed by atoms with Crippen molar-refractivity contribution < 1.29 is 0 Å². The Morgan fingerprint density at radius 1 is 1.67 bits per heavy atom. The molecule has 1 aliphatic rings. The molecule has 4 heteroatoms. The number of pyridine rings is 1. The van der Waals surface area contributed by atoms with Crippen molar-refractivity contribution in [2.24, 2.45) is 0 Å². The van der Waals surface area contributed by atoms with Crippen LogP contribution in [0.2, 0.25) is 0 Å². The third-order valence-corrected chi connectivity index (χ3v) is 2.67. The number of hydrogen-bond acceptors (Lipinski definition) is 4. The van der Waals surface area contributed by atoms with Crippen LogP contribution in [0, 0.1) is 0 Å². The molecule has 1 atom stereocenters. The normalized spacial score (nSPS) is 22.6. The van der Waals surface area contributed by atoms with Crippen molar-refractivity contribution in [3.05, 3.63) is 24.5 Å². The Morgan fingerprint density at radius 3 is 3.33 bits per heavy atom. The third-order valence-electron chi connectivity index (χ3n) is 2.67. The number of aromatic nitrogens is 1. The Kier molecular flexibility index (Phi) is 3.53. The van der Waals surface area contributed by atoms with E-state index in [0.717, 1.165) is 31.9 Å². The Bertz CT molecular complexity index is 288. The zero-order chi connectivity index (χ0) is 10.5. The van der Waals surface area contributed by atoms with Crippen LogP contribution in [-0.2, 0) is 0 Å². The number of nitrogens with zero attached hydrogens (tertiary/aromatic N) is 2. The molecule has 0 spiro atoms. The van der Waals surface area contributed by atoms with Crippen LogP contribution >= 0.6 is 0 Å². The van der Waals surface area contributed by atoms with Gasteiger partial charge in [-0.15, -0.1) is 0 Å². The van der Waals surface area contributed by atoms with Gasteiger partial charge in [0, 0.05) is 44.6 Å². The summed E-state index contributed by atoms with van der Waals surface area (Å²) in [6, 6.07) is 4.52. The van der Waals surface area contributed by atoms with E-state index >= 15 is 0 Å². The Balaban J connectivity index is 1.78. The second kappa shape index (κ2) is 5.09. The van der Waals surface area contributed by atoms with Gasteiger partial charge in [-0.1, -0.05) is 0 Å². The average molecular weight is 206 g/mol. The predicted molar refractivity (Wildman–Crippen MR) is 62.0 cm³/mol. The van der Waals surface area contributed by atoms with E-state index in [4.69, 9.17) is 0 Å². The molecule has 1 unspecified atom stereocenters. The smallest absolute Gasteiger partial charge is 0.0527 e. The summed E-state index contributed by atoms with van der Waals surface area (Å²) < 4.78 is 0. The Morgan fingerprint density at radius 2 is 2.60 bits per heavy atom. The van der Waals surface area contributed by atoms with Crippen LogP contribution in [0.15, 0.2) is 24.5 Å². The largest absolute Gasteiger partial charge is 0.382 e. The zero-order valence-electron chi connectivity index (χ0n) is 9.11. The number of rotatable bonds is 3. The minimum absolute atomic E-state index is 0.531. The van der Waals surface area contributed by atoms with Crippen LogP contribution in [0.3, 0.4) is 0 Å². The third kappa shape index (κ3) is 3.18. The number of nitrogens with one attached hydrogen (secondary N) is 2. The first kappa shape index (κ1) is 10.4. The Labute approximate surface area is 90.7 Å². The fourth-order valence-corrected chi connectivity index (χ4v) is 1.84. The molecule has 0 radical (unpaired) electrons. The van der Waals surface area contributed by atoms with Gasteiger partial charge in [0.25, 0.3) is 0 Å². The van der Waals surface area contributed by atoms with Gasteiger partial charge in [0.15, 0.2) is 0 Å². The highest BCUT2D eigenvalue weighted by molar-refractivity contribution is 5.39. The maximum Gasteiger partial charge on any atom is 0.0527 e. The van der Waals surface area contributed by atoms with Gasteiger partial charge in [-0.3, -0.25) is 4.98 Å². The van der Waals surface area contributed by atoms with E-state index in [1.165, 1.54) is 0 Å². The molecular formula is C11H18N4. The first-order chi connectivity index (χ1) is 7.34. The molecule has 15 heavy (non-hydrogen) atoms. The van der Waals surface area contributed by atoms with Gasteiger partial charge in [0.2, 0.25) is 0 Å². The SMILES string of the molecule is CN1CCNC(CNc2cccnc2)C1. The van der Waals surface area contributed by atoms with Crippen LogP contribution < -0.4 is 10.6 Å². The van der Waals surface area contributed by atoms with Crippen molar-refractivity contribution in [3.8, 4) is 0 Å². The molecule has 82 valence electrons. The lowest BCUT2D eigenvalue weighted by atomic mass is 10.2. The van der Waals surface area contributed by atoms with Crippen LogP contribution in [-0.4, -0.2) is 49.2 Å². The molecule has 2 heterocycles. The molecule has 1 saturated heterocycles. The molecule has 1 aliphatic heterocycles. The molecule has 1 aromatic rings. The van der Waals surface area contributed by atoms with Crippen LogP contribution in [0.5, 0.6) is 0 Å². The van der Waals surface area contributed by atoms with Crippen molar-refractivity contribution in [3.63, 3.8) is 0 Å². The standard InChI is InChI=1S/C11H18N4/c1-15-6-5-13-11(9-15)8-14-10-3-2-4-12-7-10/h2-4,7,11,13-14H,5-6,8-9H2,1H3. The van der Waals surface area contributed by atoms with Gasteiger partial charge in [-0.25, -0.2) is 0 Å². The van der Waals surface area contributed by atoms with Gasteiger partial charge in [-0.2, -0.15) is 0 Å². The molecule has 2 rings (SSSR count). The van der Waals surface area contributed by atoms with Crippen molar-refractivity contribution >= 4 is 5.69 Å². The van der Waals surface area contributed by atoms with Crippen LogP contribution in [0.4, 0.5) is 5.69 Å². The summed E-state index contributed by atoms with van der Waals surface area (Å²) >= 11 is 0. The van der Waals surface area contributed by atoms with Gasteiger partial charge >= 0.3 is 0 Å². The Hall–Kier alpha value is -1.13. The predicted octanol–water partition coefficient (Wildman–Crippen LogP) is 0.397. The lowest BCUT2D eigenvalue weighted by Crippen LogP contribution is -2.51. The number of piperazine rings is 1. The fourth-order valence-electron chi connectivity index (χ4n) is 1.84. The van der Waals surface area contributed by atoms with Crippen molar-refractivity contribution in [1.82, 2.24) is 15.2 Å². The monoisotopic (exact) mass is 206 g/mol. The number of anilines is 1.